The maximum atomic E-state index is 12.4. The summed E-state index contributed by atoms with van der Waals surface area (Å²) in [6.07, 6.45) is 1.67. The standard InChI is InChI=1S/C26H28N4O3S.2H2/c1-16(2)34(31,32)21-9-7-20(8-10-21)24-15-28-18(4)26(29-24)25-13-23(30-33-25)22-11-6-19(14-27-5)12-17(22)3;;/h6-13,15-16,27H,14H2,1-5H3;2*1H. The maximum Gasteiger partial charge on any atom is 0.187 e. The van der Waals surface area contributed by atoms with Crippen LogP contribution in [-0.4, -0.2) is 35.8 Å². The summed E-state index contributed by atoms with van der Waals surface area (Å²) in [5, 5.41) is 6.95. The molecule has 7 nitrogen and oxygen atoms in total. The summed E-state index contributed by atoms with van der Waals surface area (Å²) in [5.74, 6) is 0.527. The van der Waals surface area contributed by atoms with Gasteiger partial charge in [-0.05, 0) is 58.0 Å². The highest BCUT2D eigenvalue weighted by Crippen LogP contribution is 2.30. The zero-order valence-electron chi connectivity index (χ0n) is 20.0. The fraction of sp³-hybridized carbons (Fsp3) is 0.269. The lowest BCUT2D eigenvalue weighted by Crippen LogP contribution is -2.13. The minimum absolute atomic E-state index is 0. The van der Waals surface area contributed by atoms with Gasteiger partial charge in [-0.2, -0.15) is 0 Å². The zero-order valence-corrected chi connectivity index (χ0v) is 20.8. The van der Waals surface area contributed by atoms with Gasteiger partial charge in [0, 0.05) is 26.6 Å². The minimum Gasteiger partial charge on any atom is -0.354 e. The fourth-order valence-corrected chi connectivity index (χ4v) is 4.81. The molecule has 1 N–H and O–H groups in total. The number of hydrogen-bond acceptors (Lipinski definition) is 7. The zero-order chi connectivity index (χ0) is 24.5. The number of aromatic nitrogens is 3. The van der Waals surface area contributed by atoms with E-state index in [0.717, 1.165) is 28.9 Å². The van der Waals surface area contributed by atoms with Gasteiger partial charge in [0.2, 0.25) is 0 Å². The summed E-state index contributed by atoms with van der Waals surface area (Å²) in [6, 6.07) is 14.8. The Balaban J connectivity index is 0.00000228. The van der Waals surface area contributed by atoms with Crippen LogP contribution in [0.2, 0.25) is 0 Å². The van der Waals surface area contributed by atoms with Crippen molar-refractivity contribution in [2.75, 3.05) is 7.05 Å². The molecular formula is C26H32N4O3S. The van der Waals surface area contributed by atoms with Crippen LogP contribution in [0.25, 0.3) is 34.0 Å². The predicted molar refractivity (Wildman–Crippen MR) is 137 cm³/mol. The number of sulfone groups is 1. The summed E-state index contributed by atoms with van der Waals surface area (Å²) in [6.45, 7) is 8.06. The second-order valence-electron chi connectivity index (χ2n) is 8.56. The fourth-order valence-electron chi connectivity index (χ4n) is 3.75. The third-order valence-corrected chi connectivity index (χ3v) is 7.92. The van der Waals surface area contributed by atoms with Crippen molar-refractivity contribution in [2.45, 2.75) is 44.4 Å². The highest BCUT2D eigenvalue weighted by atomic mass is 32.2. The Bertz CT molecular complexity index is 1440. The molecule has 8 heteroatoms. The number of hydrogen-bond donors (Lipinski definition) is 1. The van der Waals surface area contributed by atoms with Gasteiger partial charge in [0.15, 0.2) is 15.6 Å². The first-order valence-electron chi connectivity index (χ1n) is 11.1. The van der Waals surface area contributed by atoms with Crippen molar-refractivity contribution in [1.29, 1.82) is 0 Å². The summed E-state index contributed by atoms with van der Waals surface area (Å²) in [7, 11) is -1.41. The van der Waals surface area contributed by atoms with E-state index in [0.29, 0.717) is 27.7 Å². The average Bonchev–Trinajstić information content (AvgIpc) is 3.29. The lowest BCUT2D eigenvalue weighted by molar-refractivity contribution is 0.433. The lowest BCUT2D eigenvalue weighted by Gasteiger charge is -2.09. The summed E-state index contributed by atoms with van der Waals surface area (Å²) < 4.78 is 30.5. The predicted octanol–water partition coefficient (Wildman–Crippen LogP) is 5.48. The Morgan fingerprint density at radius 3 is 2.41 bits per heavy atom. The highest BCUT2D eigenvalue weighted by Gasteiger charge is 2.20. The molecule has 2 aromatic heterocycles. The van der Waals surface area contributed by atoms with E-state index in [9.17, 15) is 8.42 Å². The van der Waals surface area contributed by atoms with Crippen molar-refractivity contribution in [3.05, 3.63) is 71.5 Å². The quantitative estimate of drug-likeness (QED) is 0.374. The molecule has 0 saturated carbocycles. The molecule has 0 fully saturated rings. The number of aryl methyl sites for hydroxylation is 2. The molecule has 0 spiro atoms. The smallest absolute Gasteiger partial charge is 0.187 e. The summed E-state index contributed by atoms with van der Waals surface area (Å²) in [5.41, 5.74) is 6.75. The Morgan fingerprint density at radius 1 is 1.03 bits per heavy atom. The highest BCUT2D eigenvalue weighted by molar-refractivity contribution is 7.92. The molecule has 4 aromatic rings. The first-order chi connectivity index (χ1) is 16.2. The molecule has 0 amide bonds. The van der Waals surface area contributed by atoms with Crippen molar-refractivity contribution in [1.82, 2.24) is 20.4 Å². The van der Waals surface area contributed by atoms with E-state index in [2.05, 4.69) is 34.5 Å². The van der Waals surface area contributed by atoms with E-state index < -0.39 is 15.1 Å². The molecule has 0 aliphatic carbocycles. The maximum absolute atomic E-state index is 12.4. The van der Waals surface area contributed by atoms with Crippen molar-refractivity contribution < 1.29 is 15.8 Å². The van der Waals surface area contributed by atoms with E-state index in [-0.39, 0.29) is 2.85 Å². The van der Waals surface area contributed by atoms with Crippen molar-refractivity contribution in [3.8, 4) is 34.0 Å². The van der Waals surface area contributed by atoms with Crippen molar-refractivity contribution >= 4 is 9.84 Å². The average molecular weight is 481 g/mol. The number of rotatable bonds is 7. The van der Waals surface area contributed by atoms with E-state index in [4.69, 9.17) is 9.51 Å². The van der Waals surface area contributed by atoms with Gasteiger partial charge in [0.1, 0.15) is 11.4 Å². The third kappa shape index (κ3) is 4.64. The van der Waals surface area contributed by atoms with E-state index >= 15 is 0 Å². The molecule has 34 heavy (non-hydrogen) atoms. The van der Waals surface area contributed by atoms with Gasteiger partial charge in [0.05, 0.1) is 27.7 Å². The molecule has 0 bridgehead atoms. The van der Waals surface area contributed by atoms with Gasteiger partial charge in [0.25, 0.3) is 0 Å². The van der Waals surface area contributed by atoms with Crippen LogP contribution >= 0.6 is 0 Å². The molecule has 0 radical (unpaired) electrons. The second-order valence-corrected chi connectivity index (χ2v) is 11.1. The minimum atomic E-state index is -3.33. The first-order valence-corrected chi connectivity index (χ1v) is 12.6. The third-order valence-electron chi connectivity index (χ3n) is 5.75. The molecule has 0 unspecified atom stereocenters. The molecule has 2 heterocycles. The van der Waals surface area contributed by atoms with E-state index in [1.165, 1.54) is 5.56 Å². The Labute approximate surface area is 203 Å². The van der Waals surface area contributed by atoms with Gasteiger partial charge in [-0.1, -0.05) is 35.5 Å². The molecule has 0 atom stereocenters. The monoisotopic (exact) mass is 480 g/mol. The Morgan fingerprint density at radius 2 is 1.76 bits per heavy atom. The first kappa shape index (κ1) is 23.8. The molecule has 0 aliphatic heterocycles. The lowest BCUT2D eigenvalue weighted by atomic mass is 10.0. The van der Waals surface area contributed by atoms with E-state index in [1.807, 2.05) is 26.1 Å². The van der Waals surface area contributed by atoms with Crippen LogP contribution in [0.5, 0.6) is 0 Å². The molecule has 4 rings (SSSR count). The van der Waals surface area contributed by atoms with Crippen LogP contribution in [-0.2, 0) is 16.4 Å². The number of benzene rings is 2. The van der Waals surface area contributed by atoms with Gasteiger partial charge in [-0.3, -0.25) is 4.98 Å². The molecule has 0 aliphatic rings. The van der Waals surface area contributed by atoms with Crippen LogP contribution in [0.4, 0.5) is 0 Å². The summed E-state index contributed by atoms with van der Waals surface area (Å²) >= 11 is 0. The van der Waals surface area contributed by atoms with Crippen LogP contribution in [0.15, 0.2) is 64.1 Å². The van der Waals surface area contributed by atoms with Gasteiger partial charge in [-0.25, -0.2) is 13.4 Å². The Hall–Kier alpha value is -3.36. The van der Waals surface area contributed by atoms with Gasteiger partial charge >= 0.3 is 0 Å². The van der Waals surface area contributed by atoms with Crippen molar-refractivity contribution in [3.63, 3.8) is 0 Å². The largest absolute Gasteiger partial charge is 0.354 e. The molecule has 2 aromatic carbocycles. The van der Waals surface area contributed by atoms with Crippen LogP contribution < -0.4 is 5.32 Å². The van der Waals surface area contributed by atoms with Crippen LogP contribution in [0.3, 0.4) is 0 Å². The SMILES string of the molecule is CNCc1ccc(-c2cc(-c3nc(-c4ccc(S(=O)(=O)C(C)C)cc4)cnc3C)on2)c(C)c1.[HH].[HH]. The van der Waals surface area contributed by atoms with Gasteiger partial charge in [-0.15, -0.1) is 0 Å². The molecule has 0 saturated heterocycles. The van der Waals surface area contributed by atoms with Gasteiger partial charge < -0.3 is 9.84 Å². The summed E-state index contributed by atoms with van der Waals surface area (Å²) in [4.78, 5) is 9.54. The van der Waals surface area contributed by atoms with Crippen LogP contribution in [0, 0.1) is 13.8 Å². The van der Waals surface area contributed by atoms with Crippen LogP contribution in [0.1, 0.15) is 33.5 Å². The Kier molecular flexibility index (Phi) is 6.63. The molecule has 180 valence electrons. The number of nitrogens with one attached hydrogen (secondary N) is 1. The second kappa shape index (κ2) is 9.48. The normalized spacial score (nSPS) is 11.8. The van der Waals surface area contributed by atoms with E-state index in [1.54, 1.807) is 44.3 Å². The topological polar surface area (TPSA) is 98.0 Å². The van der Waals surface area contributed by atoms with Crippen molar-refractivity contribution in [2.24, 2.45) is 0 Å². The number of nitrogens with zero attached hydrogens (tertiary/aromatic N) is 3. The molecular weight excluding hydrogens is 448 g/mol.